The first-order valence-electron chi connectivity index (χ1n) is 3.31. The van der Waals surface area contributed by atoms with Crippen molar-refractivity contribution >= 4 is 17.7 Å². The van der Waals surface area contributed by atoms with E-state index in [9.17, 15) is 4.57 Å². The highest BCUT2D eigenvalue weighted by molar-refractivity contribution is 8.58. The lowest BCUT2D eigenvalue weighted by Crippen LogP contribution is -2.08. The summed E-state index contributed by atoms with van der Waals surface area (Å²) < 4.78 is 11.4. The maximum absolute atomic E-state index is 11.4. The third kappa shape index (κ3) is 2.08. The van der Waals surface area contributed by atoms with Crippen molar-refractivity contribution in [3.05, 3.63) is 0 Å². The summed E-state index contributed by atoms with van der Waals surface area (Å²) in [5.41, 5.74) is 0. The van der Waals surface area contributed by atoms with Crippen LogP contribution >= 0.6 is 17.7 Å². The summed E-state index contributed by atoms with van der Waals surface area (Å²) in [6.45, 7) is 1.85. The van der Waals surface area contributed by atoms with E-state index in [-0.39, 0.29) is 0 Å². The SMILES string of the molecule is C#CC1CCP(C)(=O)SC1. The van der Waals surface area contributed by atoms with Gasteiger partial charge in [-0.2, -0.15) is 0 Å². The van der Waals surface area contributed by atoms with Gasteiger partial charge in [0.25, 0.3) is 0 Å². The van der Waals surface area contributed by atoms with E-state index in [0.717, 1.165) is 18.3 Å². The summed E-state index contributed by atoms with van der Waals surface area (Å²) >= 11 is 1.57. The Bertz CT molecular complexity index is 194. The topological polar surface area (TPSA) is 17.1 Å². The Kier molecular flexibility index (Phi) is 2.50. The first-order chi connectivity index (χ1) is 4.64. The van der Waals surface area contributed by atoms with Gasteiger partial charge in [0.15, 0.2) is 0 Å². The molecule has 1 rings (SSSR count). The van der Waals surface area contributed by atoms with Gasteiger partial charge in [-0.1, -0.05) is 11.4 Å². The van der Waals surface area contributed by atoms with Crippen molar-refractivity contribution in [1.29, 1.82) is 0 Å². The third-order valence-corrected chi connectivity index (χ3v) is 6.47. The maximum atomic E-state index is 11.4. The smallest absolute Gasteiger partial charge is 0.136 e. The van der Waals surface area contributed by atoms with Gasteiger partial charge in [-0.25, -0.2) is 0 Å². The Morgan fingerprint density at radius 1 is 1.80 bits per heavy atom. The van der Waals surface area contributed by atoms with Crippen LogP contribution in [0, 0.1) is 18.3 Å². The lowest BCUT2D eigenvalue weighted by atomic mass is 10.1. The molecule has 0 radical (unpaired) electrons. The van der Waals surface area contributed by atoms with Gasteiger partial charge in [0.05, 0.1) is 0 Å². The molecule has 0 N–H and O–H groups in total. The molecule has 1 saturated heterocycles. The highest BCUT2D eigenvalue weighted by atomic mass is 32.7. The minimum absolute atomic E-state index is 0.368. The number of rotatable bonds is 0. The molecule has 0 saturated carbocycles. The maximum Gasteiger partial charge on any atom is 0.136 e. The van der Waals surface area contributed by atoms with Crippen molar-refractivity contribution in [2.24, 2.45) is 5.92 Å². The molecular formula is C7H11OPS. The van der Waals surface area contributed by atoms with Gasteiger partial charge in [-0.15, -0.1) is 12.3 Å². The molecule has 56 valence electrons. The van der Waals surface area contributed by atoms with E-state index < -0.39 is 6.34 Å². The van der Waals surface area contributed by atoms with Crippen LogP contribution in [0.25, 0.3) is 0 Å². The van der Waals surface area contributed by atoms with Crippen LogP contribution in [0.2, 0.25) is 0 Å². The molecule has 0 aromatic rings. The molecule has 1 aliphatic heterocycles. The van der Waals surface area contributed by atoms with E-state index in [1.807, 2.05) is 6.66 Å². The summed E-state index contributed by atoms with van der Waals surface area (Å²) in [6, 6.07) is 0. The van der Waals surface area contributed by atoms with Gasteiger partial charge >= 0.3 is 0 Å². The highest BCUT2D eigenvalue weighted by Gasteiger charge is 2.24. The zero-order valence-electron chi connectivity index (χ0n) is 6.04. The Labute approximate surface area is 66.1 Å². The Hall–Kier alpha value is 0.140. The summed E-state index contributed by atoms with van der Waals surface area (Å²) in [4.78, 5) is 0. The van der Waals surface area contributed by atoms with E-state index in [4.69, 9.17) is 6.42 Å². The third-order valence-electron chi connectivity index (χ3n) is 1.67. The quantitative estimate of drug-likeness (QED) is 0.414. The standard InChI is InChI=1S/C7H11OPS/c1-3-7-4-5-9(2,8)10-6-7/h1,7H,4-6H2,2H3. The molecule has 3 heteroatoms. The van der Waals surface area contributed by atoms with Gasteiger partial charge in [0, 0.05) is 17.8 Å². The lowest BCUT2D eigenvalue weighted by Gasteiger charge is -2.21. The fourth-order valence-electron chi connectivity index (χ4n) is 0.917. The molecule has 1 nitrogen and oxygen atoms in total. The Balaban J connectivity index is 2.48. The van der Waals surface area contributed by atoms with Crippen LogP contribution in [0.5, 0.6) is 0 Å². The molecule has 2 unspecified atom stereocenters. The summed E-state index contributed by atoms with van der Waals surface area (Å²) in [6.07, 6.45) is 5.20. The van der Waals surface area contributed by atoms with Crippen LogP contribution in [0.4, 0.5) is 0 Å². The number of terminal acetylenes is 1. The molecule has 0 spiro atoms. The van der Waals surface area contributed by atoms with Crippen LogP contribution in [0.15, 0.2) is 0 Å². The number of hydrogen-bond acceptors (Lipinski definition) is 2. The fourth-order valence-corrected chi connectivity index (χ4v) is 4.77. The van der Waals surface area contributed by atoms with Gasteiger partial charge in [0.1, 0.15) is 6.34 Å². The lowest BCUT2D eigenvalue weighted by molar-refractivity contribution is 0.581. The molecule has 10 heavy (non-hydrogen) atoms. The van der Waals surface area contributed by atoms with E-state index in [0.29, 0.717) is 5.92 Å². The molecule has 0 bridgehead atoms. The molecule has 0 aromatic heterocycles. The highest BCUT2D eigenvalue weighted by Crippen LogP contribution is 2.59. The van der Waals surface area contributed by atoms with Crippen molar-refractivity contribution in [3.63, 3.8) is 0 Å². The van der Waals surface area contributed by atoms with Gasteiger partial charge in [0.2, 0.25) is 0 Å². The van der Waals surface area contributed by atoms with Crippen molar-refractivity contribution in [1.82, 2.24) is 0 Å². The molecule has 1 aliphatic rings. The monoisotopic (exact) mass is 174 g/mol. The second-order valence-corrected chi connectivity index (χ2v) is 8.84. The van der Waals surface area contributed by atoms with Crippen LogP contribution in [0.3, 0.4) is 0 Å². The normalized spacial score (nSPS) is 40.6. The van der Waals surface area contributed by atoms with Crippen molar-refractivity contribution in [2.75, 3.05) is 18.6 Å². The van der Waals surface area contributed by atoms with Crippen molar-refractivity contribution in [2.45, 2.75) is 6.42 Å². The second kappa shape index (κ2) is 3.03. The summed E-state index contributed by atoms with van der Waals surface area (Å²) in [5, 5.41) is 0. The van der Waals surface area contributed by atoms with Gasteiger partial charge < -0.3 is 4.57 Å². The van der Waals surface area contributed by atoms with E-state index in [2.05, 4.69) is 5.92 Å². The largest absolute Gasteiger partial charge is 0.312 e. The zero-order valence-corrected chi connectivity index (χ0v) is 7.75. The predicted octanol–water partition coefficient (Wildman–Crippen LogP) is 2.28. The summed E-state index contributed by atoms with van der Waals surface area (Å²) in [7, 11) is 0. The molecule has 0 aromatic carbocycles. The van der Waals surface area contributed by atoms with Gasteiger partial charge in [-0.3, -0.25) is 0 Å². The van der Waals surface area contributed by atoms with Crippen molar-refractivity contribution < 1.29 is 4.57 Å². The van der Waals surface area contributed by atoms with Crippen LogP contribution in [-0.4, -0.2) is 18.6 Å². The van der Waals surface area contributed by atoms with E-state index in [1.165, 1.54) is 0 Å². The first kappa shape index (κ1) is 8.24. The molecule has 0 amide bonds. The predicted molar refractivity (Wildman–Crippen MR) is 47.8 cm³/mol. The van der Waals surface area contributed by atoms with Gasteiger partial charge in [-0.05, 0) is 13.1 Å². The Morgan fingerprint density at radius 3 is 2.90 bits per heavy atom. The first-order valence-corrected chi connectivity index (χ1v) is 7.24. The van der Waals surface area contributed by atoms with E-state index in [1.54, 1.807) is 11.4 Å². The zero-order chi connectivity index (χ0) is 7.61. The van der Waals surface area contributed by atoms with Crippen LogP contribution in [-0.2, 0) is 4.57 Å². The van der Waals surface area contributed by atoms with Crippen molar-refractivity contribution in [3.8, 4) is 12.3 Å². The molecule has 0 aliphatic carbocycles. The fraction of sp³-hybridized carbons (Fsp3) is 0.714. The van der Waals surface area contributed by atoms with Crippen LogP contribution in [0.1, 0.15) is 6.42 Å². The molecule has 1 heterocycles. The van der Waals surface area contributed by atoms with E-state index >= 15 is 0 Å². The average molecular weight is 174 g/mol. The minimum atomic E-state index is -1.82. The molecular weight excluding hydrogens is 163 g/mol. The average Bonchev–Trinajstić information content (AvgIpc) is 1.88. The Morgan fingerprint density at radius 2 is 2.50 bits per heavy atom. The molecule has 2 atom stereocenters. The summed E-state index contributed by atoms with van der Waals surface area (Å²) in [5.74, 6) is 3.96. The molecule has 1 fully saturated rings. The van der Waals surface area contributed by atoms with Crippen LogP contribution < -0.4 is 0 Å². The number of hydrogen-bond donors (Lipinski definition) is 0. The minimum Gasteiger partial charge on any atom is -0.312 e. The second-order valence-electron chi connectivity index (χ2n) is 2.69.